The molecule has 6 nitrogen and oxygen atoms in total. The Morgan fingerprint density at radius 1 is 1.10 bits per heavy atom. The van der Waals surface area contributed by atoms with E-state index in [-0.39, 0.29) is 11.9 Å². The van der Waals surface area contributed by atoms with Crippen molar-refractivity contribution in [2.24, 2.45) is 0 Å². The summed E-state index contributed by atoms with van der Waals surface area (Å²) in [6.07, 6.45) is 2.79. The van der Waals surface area contributed by atoms with Crippen molar-refractivity contribution >= 4 is 11.9 Å². The Kier molecular flexibility index (Phi) is 5.28. The lowest BCUT2D eigenvalue weighted by molar-refractivity contribution is -0.931. The van der Waals surface area contributed by atoms with Crippen molar-refractivity contribution in [3.63, 3.8) is 0 Å². The van der Waals surface area contributed by atoms with Gasteiger partial charge in [-0.15, -0.1) is 0 Å². The number of urea groups is 1. The number of nitrogens with zero attached hydrogens (tertiary/aromatic N) is 1. The van der Waals surface area contributed by atoms with Crippen molar-refractivity contribution in [3.8, 4) is 5.75 Å². The van der Waals surface area contributed by atoms with Gasteiger partial charge in [-0.25, -0.2) is 9.69 Å². The second kappa shape index (κ2) is 7.87. The maximum absolute atomic E-state index is 13.4. The highest BCUT2D eigenvalue weighted by molar-refractivity contribution is 6.07. The fraction of sp³-hybridized carbons (Fsp3) is 0.391. The normalized spacial score (nSPS) is 22.5. The van der Waals surface area contributed by atoms with Gasteiger partial charge in [0.1, 0.15) is 17.8 Å². The number of carbonyl (C=O) groups is 2. The number of hydrogen-bond donors (Lipinski definition) is 2. The molecule has 3 amide bonds. The first-order chi connectivity index (χ1) is 14.1. The highest BCUT2D eigenvalue weighted by atomic mass is 16.5. The van der Waals surface area contributed by atoms with Gasteiger partial charge in [-0.2, -0.15) is 0 Å². The molecule has 0 aromatic heterocycles. The minimum absolute atomic E-state index is 0.149. The Hall–Kier alpha value is -2.86. The lowest BCUT2D eigenvalue weighted by atomic mass is 9.87. The zero-order valence-electron chi connectivity index (χ0n) is 17.0. The van der Waals surface area contributed by atoms with E-state index in [4.69, 9.17) is 4.74 Å². The molecule has 0 spiro atoms. The van der Waals surface area contributed by atoms with Crippen molar-refractivity contribution in [1.29, 1.82) is 0 Å². The zero-order chi connectivity index (χ0) is 20.4. The largest absolute Gasteiger partial charge is 0.497 e. The second-order valence-corrected chi connectivity index (χ2v) is 7.90. The standard InChI is InChI=1S/C23H27N3O3/c1-3-23(18-7-5-4-6-8-18)21(27)26(22(28)24-23)16-25(19-11-12-19)15-17-9-13-20(29-2)14-10-17/h4-10,13-14,19H,3,11-12,15-16H2,1-2H3,(H,24,28)/p+1/t23-/m0/s1. The van der Waals surface area contributed by atoms with Crippen LogP contribution in [0.15, 0.2) is 54.6 Å². The first kappa shape index (κ1) is 19.5. The van der Waals surface area contributed by atoms with Crippen LogP contribution in [0.25, 0.3) is 0 Å². The van der Waals surface area contributed by atoms with Crippen molar-refractivity contribution < 1.29 is 19.2 Å². The summed E-state index contributed by atoms with van der Waals surface area (Å²) < 4.78 is 5.23. The molecular weight excluding hydrogens is 366 g/mol. The fourth-order valence-electron chi connectivity index (χ4n) is 4.16. The number of ether oxygens (including phenoxy) is 1. The molecule has 2 aliphatic rings. The number of carbonyl (C=O) groups excluding carboxylic acids is 2. The second-order valence-electron chi connectivity index (χ2n) is 7.90. The van der Waals surface area contributed by atoms with Gasteiger partial charge < -0.3 is 15.0 Å². The average Bonchev–Trinajstić information content (AvgIpc) is 3.57. The smallest absolute Gasteiger partial charge is 0.329 e. The van der Waals surface area contributed by atoms with Crippen LogP contribution < -0.4 is 15.0 Å². The van der Waals surface area contributed by atoms with Gasteiger partial charge in [0, 0.05) is 18.4 Å². The Balaban J connectivity index is 1.53. The summed E-state index contributed by atoms with van der Waals surface area (Å²) in [7, 11) is 1.65. The van der Waals surface area contributed by atoms with Gasteiger partial charge in [-0.1, -0.05) is 37.3 Å². The quantitative estimate of drug-likeness (QED) is 0.674. The van der Waals surface area contributed by atoms with E-state index in [2.05, 4.69) is 5.32 Å². The van der Waals surface area contributed by atoms with E-state index < -0.39 is 5.54 Å². The van der Waals surface area contributed by atoms with Crippen molar-refractivity contribution in [2.75, 3.05) is 13.8 Å². The lowest BCUT2D eigenvalue weighted by Crippen LogP contribution is -3.13. The van der Waals surface area contributed by atoms with E-state index in [9.17, 15) is 9.59 Å². The number of imide groups is 1. The maximum atomic E-state index is 13.4. The minimum Gasteiger partial charge on any atom is -0.497 e. The van der Waals surface area contributed by atoms with Crippen LogP contribution in [-0.4, -0.2) is 36.7 Å². The highest BCUT2D eigenvalue weighted by Crippen LogP contribution is 2.32. The lowest BCUT2D eigenvalue weighted by Gasteiger charge is -2.27. The highest BCUT2D eigenvalue weighted by Gasteiger charge is 2.53. The van der Waals surface area contributed by atoms with Crippen LogP contribution in [0, 0.1) is 0 Å². The van der Waals surface area contributed by atoms with Crippen LogP contribution in [0.5, 0.6) is 5.75 Å². The summed E-state index contributed by atoms with van der Waals surface area (Å²) in [5.74, 6) is 0.676. The molecule has 2 aromatic carbocycles. The van der Waals surface area contributed by atoms with Crippen LogP contribution in [-0.2, 0) is 16.9 Å². The number of hydrogen-bond acceptors (Lipinski definition) is 3. The Bertz CT molecular complexity index is 880. The van der Waals surface area contributed by atoms with Gasteiger partial charge in [0.25, 0.3) is 5.91 Å². The number of quaternary nitrogens is 1. The third-order valence-electron chi connectivity index (χ3n) is 6.08. The molecule has 0 radical (unpaired) electrons. The SMILES string of the molecule is CC[C@@]1(c2ccccc2)NC(=O)N(C[NH+](Cc2ccc(OC)cc2)C2CC2)C1=O. The first-order valence-electron chi connectivity index (χ1n) is 10.2. The molecule has 1 heterocycles. The molecule has 1 saturated heterocycles. The predicted molar refractivity (Wildman–Crippen MR) is 109 cm³/mol. The molecule has 0 bridgehead atoms. The summed E-state index contributed by atoms with van der Waals surface area (Å²) in [5, 5.41) is 2.98. The van der Waals surface area contributed by atoms with Gasteiger partial charge in [0.2, 0.25) is 0 Å². The molecular formula is C23H28N3O3+. The Morgan fingerprint density at radius 2 is 1.79 bits per heavy atom. The molecule has 1 aliphatic carbocycles. The summed E-state index contributed by atoms with van der Waals surface area (Å²) in [6.45, 7) is 3.10. The van der Waals surface area contributed by atoms with Crippen molar-refractivity contribution in [2.45, 2.75) is 44.3 Å². The number of benzene rings is 2. The van der Waals surface area contributed by atoms with Crippen molar-refractivity contribution in [1.82, 2.24) is 10.2 Å². The van der Waals surface area contributed by atoms with E-state index in [0.29, 0.717) is 19.1 Å². The maximum Gasteiger partial charge on any atom is 0.329 e. The zero-order valence-corrected chi connectivity index (χ0v) is 17.0. The monoisotopic (exact) mass is 394 g/mol. The van der Waals surface area contributed by atoms with E-state index in [0.717, 1.165) is 30.7 Å². The molecule has 2 aromatic rings. The first-order valence-corrected chi connectivity index (χ1v) is 10.2. The van der Waals surface area contributed by atoms with Crippen LogP contribution in [0.4, 0.5) is 4.79 Å². The molecule has 1 aliphatic heterocycles. The van der Waals surface area contributed by atoms with E-state index in [1.165, 1.54) is 15.4 Å². The van der Waals surface area contributed by atoms with Gasteiger partial charge in [0.05, 0.1) is 13.2 Å². The number of nitrogens with one attached hydrogen (secondary N) is 2. The van der Waals surface area contributed by atoms with Crippen LogP contribution >= 0.6 is 0 Å². The minimum atomic E-state index is -0.965. The molecule has 29 heavy (non-hydrogen) atoms. The molecule has 2 N–H and O–H groups in total. The molecule has 1 saturated carbocycles. The number of amides is 3. The van der Waals surface area contributed by atoms with Gasteiger partial charge in [-0.3, -0.25) is 4.79 Å². The fourth-order valence-corrected chi connectivity index (χ4v) is 4.16. The summed E-state index contributed by atoms with van der Waals surface area (Å²) in [6, 6.07) is 17.7. The Labute approximate surface area is 171 Å². The Morgan fingerprint density at radius 3 is 2.38 bits per heavy atom. The summed E-state index contributed by atoms with van der Waals surface area (Å²) in [4.78, 5) is 28.9. The summed E-state index contributed by atoms with van der Waals surface area (Å²) in [5.41, 5.74) is 1.05. The third-order valence-corrected chi connectivity index (χ3v) is 6.08. The van der Waals surface area contributed by atoms with Crippen molar-refractivity contribution in [3.05, 3.63) is 65.7 Å². The third kappa shape index (κ3) is 3.72. The molecule has 2 atom stereocenters. The molecule has 152 valence electrons. The van der Waals surface area contributed by atoms with Crippen LogP contribution in [0.1, 0.15) is 37.3 Å². The number of methoxy groups -OCH3 is 1. The molecule has 1 unspecified atom stereocenters. The molecule has 4 rings (SSSR count). The van der Waals surface area contributed by atoms with E-state index in [1.54, 1.807) is 7.11 Å². The number of rotatable bonds is 8. The summed E-state index contributed by atoms with van der Waals surface area (Å²) >= 11 is 0. The molecule has 2 fully saturated rings. The average molecular weight is 394 g/mol. The molecule has 6 heteroatoms. The van der Waals surface area contributed by atoms with E-state index >= 15 is 0 Å². The predicted octanol–water partition coefficient (Wildman–Crippen LogP) is 2.06. The van der Waals surface area contributed by atoms with Gasteiger partial charge in [-0.05, 0) is 36.2 Å². The van der Waals surface area contributed by atoms with Crippen LogP contribution in [0.2, 0.25) is 0 Å². The van der Waals surface area contributed by atoms with Gasteiger partial charge >= 0.3 is 6.03 Å². The van der Waals surface area contributed by atoms with E-state index in [1.807, 2.05) is 61.5 Å². The van der Waals surface area contributed by atoms with Crippen LogP contribution in [0.3, 0.4) is 0 Å². The van der Waals surface area contributed by atoms with Gasteiger partial charge in [0.15, 0.2) is 6.67 Å². The topological polar surface area (TPSA) is 63.1 Å².